The van der Waals surface area contributed by atoms with Crippen LogP contribution in [0.1, 0.15) is 45.2 Å². The molecule has 186 valence electrons. The first-order valence-corrected chi connectivity index (χ1v) is 12.4. The molecule has 1 aliphatic rings. The Bertz CT molecular complexity index is 1070. The topological polar surface area (TPSA) is 93.7 Å². The van der Waals surface area contributed by atoms with Crippen molar-refractivity contribution in [2.45, 2.75) is 63.9 Å². The number of ether oxygens (including phenoxy) is 2. The van der Waals surface area contributed by atoms with E-state index in [2.05, 4.69) is 17.2 Å². The second-order valence-corrected chi connectivity index (χ2v) is 10.6. The van der Waals surface area contributed by atoms with Gasteiger partial charge in [0.1, 0.15) is 17.1 Å². The van der Waals surface area contributed by atoms with E-state index < -0.39 is 11.7 Å². The Balaban J connectivity index is 1.57. The highest BCUT2D eigenvalue weighted by Gasteiger charge is 2.31. The minimum atomic E-state index is -0.567. The van der Waals surface area contributed by atoms with Crippen molar-refractivity contribution in [3.05, 3.63) is 71.8 Å². The van der Waals surface area contributed by atoms with E-state index in [9.17, 15) is 14.4 Å². The number of alkyl carbamates (subject to hydrolysis) is 1. The van der Waals surface area contributed by atoms with Crippen molar-refractivity contribution < 1.29 is 23.9 Å². The molecule has 0 radical (unpaired) electrons. The average Bonchev–Trinajstić information content (AvgIpc) is 3.10. The third-order valence-electron chi connectivity index (χ3n) is 5.35. The lowest BCUT2D eigenvalue weighted by atomic mass is 9.98. The molecule has 35 heavy (non-hydrogen) atoms. The number of rotatable bonds is 9. The lowest BCUT2D eigenvalue weighted by Gasteiger charge is -2.24. The summed E-state index contributed by atoms with van der Waals surface area (Å²) in [5.41, 5.74) is 2.34. The number of imide groups is 1. The third kappa shape index (κ3) is 8.17. The Morgan fingerprint density at radius 3 is 2.11 bits per heavy atom. The van der Waals surface area contributed by atoms with Crippen LogP contribution < -0.4 is 15.4 Å². The Labute approximate surface area is 210 Å². The van der Waals surface area contributed by atoms with Crippen molar-refractivity contribution in [3.63, 3.8) is 0 Å². The fourth-order valence-corrected chi connectivity index (χ4v) is 4.35. The smallest absolute Gasteiger partial charge is 0.408 e. The normalized spacial score (nSPS) is 16.4. The minimum absolute atomic E-state index is 0.232. The van der Waals surface area contributed by atoms with E-state index in [0.29, 0.717) is 24.3 Å². The molecule has 1 heterocycles. The van der Waals surface area contributed by atoms with Crippen molar-refractivity contribution in [1.29, 1.82) is 0 Å². The summed E-state index contributed by atoms with van der Waals surface area (Å²) in [5, 5.41) is 4.54. The second kappa shape index (κ2) is 11.4. The van der Waals surface area contributed by atoms with Crippen molar-refractivity contribution in [2.75, 3.05) is 0 Å². The second-order valence-electron chi connectivity index (χ2n) is 9.39. The van der Waals surface area contributed by atoms with E-state index in [1.54, 1.807) is 0 Å². The number of nitrogens with one attached hydrogen (secondary N) is 2. The van der Waals surface area contributed by atoms with Crippen molar-refractivity contribution in [3.8, 4) is 11.5 Å². The number of hydrogen-bond donors (Lipinski definition) is 2. The van der Waals surface area contributed by atoms with Gasteiger partial charge in [0.15, 0.2) is 0 Å². The Morgan fingerprint density at radius 2 is 1.63 bits per heavy atom. The minimum Gasteiger partial charge on any atom is -0.457 e. The zero-order valence-electron chi connectivity index (χ0n) is 20.6. The maximum atomic E-state index is 12.3. The highest BCUT2D eigenvalue weighted by Crippen LogP contribution is 2.26. The number of carbonyl (C=O) groups is 3. The Kier molecular flexibility index (Phi) is 8.62. The number of amides is 3. The molecule has 3 rings (SSSR count). The van der Waals surface area contributed by atoms with Crippen molar-refractivity contribution in [2.24, 2.45) is 0 Å². The van der Waals surface area contributed by atoms with Crippen molar-refractivity contribution in [1.82, 2.24) is 10.6 Å². The first-order valence-electron chi connectivity index (χ1n) is 11.6. The lowest BCUT2D eigenvalue weighted by Crippen LogP contribution is -2.41. The summed E-state index contributed by atoms with van der Waals surface area (Å²) in [6.45, 7) is 11.6. The number of carbonyl (C=O) groups excluding carboxylic acids is 3. The van der Waals surface area contributed by atoms with Crippen LogP contribution in [0, 0.1) is 0 Å². The molecule has 0 aromatic heterocycles. The molecule has 0 aliphatic carbocycles. The molecule has 2 N–H and O–H groups in total. The first kappa shape index (κ1) is 26.3. The maximum Gasteiger partial charge on any atom is 0.408 e. The number of benzene rings is 2. The average molecular weight is 497 g/mol. The van der Waals surface area contributed by atoms with E-state index in [1.165, 1.54) is 0 Å². The summed E-state index contributed by atoms with van der Waals surface area (Å²) in [7, 11) is 0. The van der Waals surface area contributed by atoms with Crippen LogP contribution in [-0.2, 0) is 22.4 Å². The SMILES string of the molecule is C=C(CC)C(Cc1ccc(Oc2ccc(CC3SC(=O)NC3=O)cc2)cc1)NC(=O)OC(C)(C)C. The van der Waals surface area contributed by atoms with Crippen LogP contribution in [0.5, 0.6) is 11.5 Å². The highest BCUT2D eigenvalue weighted by atomic mass is 32.2. The Hall–Kier alpha value is -3.26. The first-order chi connectivity index (χ1) is 16.5. The van der Waals surface area contributed by atoms with Gasteiger partial charge in [-0.3, -0.25) is 14.9 Å². The molecule has 7 nitrogen and oxygen atoms in total. The van der Waals surface area contributed by atoms with Crippen LogP contribution in [0.4, 0.5) is 9.59 Å². The van der Waals surface area contributed by atoms with Gasteiger partial charge in [0.05, 0.1) is 11.3 Å². The summed E-state index contributed by atoms with van der Waals surface area (Å²) >= 11 is 1.02. The molecule has 2 aromatic rings. The van der Waals surface area contributed by atoms with Gasteiger partial charge in [-0.05, 0) is 75.4 Å². The summed E-state index contributed by atoms with van der Waals surface area (Å²) in [6, 6.07) is 14.9. The molecule has 2 aromatic carbocycles. The third-order valence-corrected chi connectivity index (χ3v) is 6.33. The summed E-state index contributed by atoms with van der Waals surface area (Å²) < 4.78 is 11.3. The highest BCUT2D eigenvalue weighted by molar-refractivity contribution is 8.15. The summed E-state index contributed by atoms with van der Waals surface area (Å²) in [4.78, 5) is 35.3. The van der Waals surface area contributed by atoms with E-state index in [4.69, 9.17) is 9.47 Å². The van der Waals surface area contributed by atoms with E-state index in [1.807, 2.05) is 76.2 Å². The van der Waals surface area contributed by atoms with Gasteiger partial charge in [0, 0.05) is 0 Å². The van der Waals surface area contributed by atoms with Gasteiger partial charge in [-0.2, -0.15) is 0 Å². The van der Waals surface area contributed by atoms with Gasteiger partial charge in [-0.15, -0.1) is 0 Å². The molecular weight excluding hydrogens is 464 g/mol. The molecule has 0 bridgehead atoms. The molecule has 3 amide bonds. The van der Waals surface area contributed by atoms with Gasteiger partial charge in [0.25, 0.3) is 5.24 Å². The van der Waals surface area contributed by atoms with Crippen LogP contribution in [0.15, 0.2) is 60.7 Å². The predicted molar refractivity (Wildman–Crippen MR) is 138 cm³/mol. The van der Waals surface area contributed by atoms with E-state index in [-0.39, 0.29) is 22.4 Å². The van der Waals surface area contributed by atoms with E-state index >= 15 is 0 Å². The number of hydrogen-bond acceptors (Lipinski definition) is 6. The molecule has 2 atom stereocenters. The van der Waals surface area contributed by atoms with Gasteiger partial charge in [-0.25, -0.2) is 4.79 Å². The van der Waals surface area contributed by atoms with Crippen LogP contribution in [0.3, 0.4) is 0 Å². The van der Waals surface area contributed by atoms with Gasteiger partial charge in [0.2, 0.25) is 5.91 Å². The Morgan fingerprint density at radius 1 is 1.06 bits per heavy atom. The monoisotopic (exact) mass is 496 g/mol. The fraction of sp³-hybridized carbons (Fsp3) is 0.370. The molecule has 8 heteroatoms. The van der Waals surface area contributed by atoms with Gasteiger partial charge in [-0.1, -0.05) is 55.1 Å². The zero-order chi connectivity index (χ0) is 25.6. The van der Waals surface area contributed by atoms with E-state index in [0.717, 1.165) is 34.9 Å². The molecule has 1 fully saturated rings. The van der Waals surface area contributed by atoms with Gasteiger partial charge < -0.3 is 14.8 Å². The predicted octanol–water partition coefficient (Wildman–Crippen LogP) is 5.78. The van der Waals surface area contributed by atoms with Crippen molar-refractivity contribution >= 4 is 29.0 Å². The van der Waals surface area contributed by atoms with Crippen LogP contribution >= 0.6 is 11.8 Å². The zero-order valence-corrected chi connectivity index (χ0v) is 21.4. The van der Waals surface area contributed by atoms with Crippen LogP contribution in [0.25, 0.3) is 0 Å². The van der Waals surface area contributed by atoms with Crippen LogP contribution in [-0.4, -0.2) is 34.1 Å². The van der Waals surface area contributed by atoms with Gasteiger partial charge >= 0.3 is 6.09 Å². The molecule has 0 saturated carbocycles. The molecule has 2 unspecified atom stereocenters. The molecule has 0 spiro atoms. The molecule has 1 aliphatic heterocycles. The lowest BCUT2D eigenvalue weighted by molar-refractivity contribution is -0.118. The summed E-state index contributed by atoms with van der Waals surface area (Å²) in [6.07, 6.45) is 1.37. The largest absolute Gasteiger partial charge is 0.457 e. The van der Waals surface area contributed by atoms with Crippen LogP contribution in [0.2, 0.25) is 0 Å². The molecule has 1 saturated heterocycles. The molecular formula is C27H32N2O5S. The summed E-state index contributed by atoms with van der Waals surface area (Å²) in [5.74, 6) is 1.11. The number of thioether (sulfide) groups is 1. The standard InChI is InChI=1S/C27H32N2O5S/c1-6-17(2)22(28-25(31)34-27(3,4)5)15-18-7-11-20(12-8-18)33-21-13-9-19(10-14-21)16-23-24(30)29-26(32)35-23/h7-14,22-23H,2,6,15-16H2,1,3-5H3,(H,28,31)(H,29,30,32). The fourth-order valence-electron chi connectivity index (χ4n) is 3.49. The maximum absolute atomic E-state index is 12.3. The quantitative estimate of drug-likeness (QED) is 0.428.